The third-order valence-electron chi connectivity index (χ3n) is 1.66. The van der Waals surface area contributed by atoms with Crippen LogP contribution in [0.15, 0.2) is 21.9 Å². The monoisotopic (exact) mass is 231 g/mol. The van der Waals surface area contributed by atoms with Crippen molar-refractivity contribution in [2.24, 2.45) is 10.9 Å². The van der Waals surface area contributed by atoms with Crippen LogP contribution < -0.4 is 11.1 Å². The molecule has 82 valence electrons. The van der Waals surface area contributed by atoms with Crippen LogP contribution in [0.25, 0.3) is 0 Å². The molecule has 1 rings (SSSR count). The van der Waals surface area contributed by atoms with E-state index in [0.29, 0.717) is 0 Å². The van der Waals surface area contributed by atoms with Crippen LogP contribution in [-0.4, -0.2) is 23.5 Å². The van der Waals surface area contributed by atoms with E-state index in [4.69, 9.17) is 27.0 Å². The van der Waals surface area contributed by atoms with Crippen LogP contribution in [0.3, 0.4) is 0 Å². The van der Waals surface area contributed by atoms with Gasteiger partial charge >= 0.3 is 0 Å². The van der Waals surface area contributed by atoms with Crippen molar-refractivity contribution < 1.29 is 14.4 Å². The van der Waals surface area contributed by atoms with Gasteiger partial charge < -0.3 is 20.7 Å². The molecule has 0 unspecified atom stereocenters. The highest BCUT2D eigenvalue weighted by Crippen LogP contribution is 2.15. The molecule has 0 aliphatic carbocycles. The number of halogens is 1. The van der Waals surface area contributed by atoms with Crippen molar-refractivity contribution in [3.05, 3.63) is 23.1 Å². The molecule has 15 heavy (non-hydrogen) atoms. The highest BCUT2D eigenvalue weighted by molar-refractivity contribution is 6.32. The summed E-state index contributed by atoms with van der Waals surface area (Å²) in [4.78, 5) is 11.4. The van der Waals surface area contributed by atoms with Gasteiger partial charge in [-0.25, -0.2) is 0 Å². The van der Waals surface area contributed by atoms with Gasteiger partial charge in [0.2, 0.25) is 5.22 Å². The Labute approximate surface area is 90.7 Å². The first-order valence-electron chi connectivity index (χ1n) is 4.12. The molecule has 0 fully saturated rings. The van der Waals surface area contributed by atoms with Crippen molar-refractivity contribution in [1.29, 1.82) is 0 Å². The number of furan rings is 1. The molecule has 1 aromatic rings. The topological polar surface area (TPSA) is 101 Å². The summed E-state index contributed by atoms with van der Waals surface area (Å²) in [7, 11) is 0. The Morgan fingerprint density at radius 2 is 2.47 bits per heavy atom. The number of carbonyl (C=O) groups excluding carboxylic acids is 1. The van der Waals surface area contributed by atoms with Gasteiger partial charge in [-0.05, 0) is 17.7 Å². The minimum absolute atomic E-state index is 0.0382. The lowest BCUT2D eigenvalue weighted by Gasteiger charge is -2.02. The molecule has 0 aromatic carbocycles. The summed E-state index contributed by atoms with van der Waals surface area (Å²) < 4.78 is 4.75. The number of nitrogens with two attached hydrogens (primary N) is 1. The molecular formula is C8H10ClN3O3. The molecule has 0 aliphatic heterocycles. The molecule has 7 heteroatoms. The molecule has 1 amide bonds. The Kier molecular flexibility index (Phi) is 3.99. The van der Waals surface area contributed by atoms with Crippen LogP contribution in [0.2, 0.25) is 5.22 Å². The Balaban J connectivity index is 2.41. The number of carbonyl (C=O) groups is 1. The van der Waals surface area contributed by atoms with Crippen molar-refractivity contribution in [1.82, 2.24) is 5.32 Å². The van der Waals surface area contributed by atoms with E-state index in [9.17, 15) is 4.79 Å². The number of oxime groups is 1. The molecule has 1 aromatic heterocycles. The highest BCUT2D eigenvalue weighted by Gasteiger charge is 2.11. The van der Waals surface area contributed by atoms with Crippen molar-refractivity contribution in [3.63, 3.8) is 0 Å². The molecule has 4 N–H and O–H groups in total. The molecule has 0 radical (unpaired) electrons. The largest absolute Gasteiger partial charge is 0.452 e. The molecule has 0 aliphatic rings. The van der Waals surface area contributed by atoms with Crippen molar-refractivity contribution in [3.8, 4) is 0 Å². The van der Waals surface area contributed by atoms with Crippen LogP contribution in [0.1, 0.15) is 16.8 Å². The number of hydrogen-bond donors (Lipinski definition) is 3. The second kappa shape index (κ2) is 5.26. The summed E-state index contributed by atoms with van der Waals surface area (Å²) in [5, 5.41) is 13.6. The Bertz CT molecular complexity index is 375. The Morgan fingerprint density at radius 1 is 1.73 bits per heavy atom. The predicted octanol–water partition coefficient (Wildman–Crippen LogP) is 0.799. The zero-order valence-corrected chi connectivity index (χ0v) is 8.49. The summed E-state index contributed by atoms with van der Waals surface area (Å²) >= 11 is 5.59. The van der Waals surface area contributed by atoms with E-state index >= 15 is 0 Å². The number of amides is 1. The molecular weight excluding hydrogens is 222 g/mol. The average molecular weight is 232 g/mol. The zero-order valence-electron chi connectivity index (χ0n) is 7.74. The molecule has 0 bridgehead atoms. The van der Waals surface area contributed by atoms with Gasteiger partial charge in [0.05, 0.1) is 11.8 Å². The number of hydrogen-bond acceptors (Lipinski definition) is 4. The number of amidine groups is 1. The normalized spacial score (nSPS) is 11.4. The van der Waals surface area contributed by atoms with Gasteiger partial charge in [0.1, 0.15) is 5.84 Å². The lowest BCUT2D eigenvalue weighted by molar-refractivity contribution is 0.0954. The lowest BCUT2D eigenvalue weighted by atomic mass is 10.3. The SMILES string of the molecule is N/C(CCNC(=O)c1ccoc1Cl)=N/O. The van der Waals surface area contributed by atoms with Gasteiger partial charge in [0.25, 0.3) is 5.91 Å². The van der Waals surface area contributed by atoms with Crippen molar-refractivity contribution in [2.45, 2.75) is 6.42 Å². The fourth-order valence-electron chi connectivity index (χ4n) is 0.905. The zero-order chi connectivity index (χ0) is 11.3. The minimum Gasteiger partial charge on any atom is -0.452 e. The molecule has 0 saturated carbocycles. The van der Waals surface area contributed by atoms with E-state index in [-0.39, 0.29) is 35.5 Å². The van der Waals surface area contributed by atoms with E-state index < -0.39 is 0 Å². The first-order chi connectivity index (χ1) is 7.15. The number of nitrogens with zero attached hydrogens (tertiary/aromatic N) is 1. The highest BCUT2D eigenvalue weighted by atomic mass is 35.5. The first-order valence-corrected chi connectivity index (χ1v) is 4.50. The lowest BCUT2D eigenvalue weighted by Crippen LogP contribution is -2.27. The fraction of sp³-hybridized carbons (Fsp3) is 0.250. The second-order valence-electron chi connectivity index (χ2n) is 2.71. The van der Waals surface area contributed by atoms with Gasteiger partial charge in [0.15, 0.2) is 0 Å². The van der Waals surface area contributed by atoms with Crippen LogP contribution >= 0.6 is 11.6 Å². The van der Waals surface area contributed by atoms with E-state index in [0.717, 1.165) is 0 Å². The van der Waals surface area contributed by atoms with Crippen LogP contribution in [-0.2, 0) is 0 Å². The van der Waals surface area contributed by atoms with Gasteiger partial charge in [-0.15, -0.1) is 0 Å². The standard InChI is InChI=1S/C8H10ClN3O3/c9-7-5(2-4-15-7)8(13)11-3-1-6(10)12-14/h2,4,14H,1,3H2,(H2,10,12)(H,11,13). The summed E-state index contributed by atoms with van der Waals surface area (Å²) in [5.74, 6) is -0.312. The maximum Gasteiger partial charge on any atom is 0.256 e. The van der Waals surface area contributed by atoms with Crippen LogP contribution in [0.4, 0.5) is 0 Å². The summed E-state index contributed by atoms with van der Waals surface area (Å²) in [6.45, 7) is 0.260. The van der Waals surface area contributed by atoms with Crippen molar-refractivity contribution >= 4 is 23.3 Å². The second-order valence-corrected chi connectivity index (χ2v) is 3.05. The quantitative estimate of drug-likeness (QED) is 0.309. The summed E-state index contributed by atoms with van der Waals surface area (Å²) in [6, 6.07) is 1.46. The van der Waals surface area contributed by atoms with Gasteiger partial charge in [0, 0.05) is 13.0 Å². The predicted molar refractivity (Wildman–Crippen MR) is 54.1 cm³/mol. The molecule has 0 atom stereocenters. The van der Waals surface area contributed by atoms with E-state index in [1.54, 1.807) is 0 Å². The van der Waals surface area contributed by atoms with Crippen molar-refractivity contribution in [2.75, 3.05) is 6.54 Å². The van der Waals surface area contributed by atoms with E-state index in [1.807, 2.05) is 0 Å². The van der Waals surface area contributed by atoms with Crippen LogP contribution in [0.5, 0.6) is 0 Å². The maximum absolute atomic E-state index is 11.4. The van der Waals surface area contributed by atoms with Gasteiger partial charge in [-0.2, -0.15) is 0 Å². The fourth-order valence-corrected chi connectivity index (χ4v) is 1.11. The number of nitrogens with one attached hydrogen (secondary N) is 1. The molecule has 0 saturated heterocycles. The average Bonchev–Trinajstić information content (AvgIpc) is 2.64. The Hall–Kier alpha value is -1.69. The van der Waals surface area contributed by atoms with Gasteiger partial charge in [-0.3, -0.25) is 4.79 Å². The number of rotatable bonds is 4. The molecule has 0 spiro atoms. The Morgan fingerprint density at radius 3 is 3.00 bits per heavy atom. The van der Waals surface area contributed by atoms with E-state index in [1.165, 1.54) is 12.3 Å². The smallest absolute Gasteiger partial charge is 0.256 e. The minimum atomic E-state index is -0.362. The van der Waals surface area contributed by atoms with E-state index in [2.05, 4.69) is 10.5 Å². The molecule has 1 heterocycles. The third kappa shape index (κ3) is 3.17. The first kappa shape index (κ1) is 11.4. The van der Waals surface area contributed by atoms with Crippen LogP contribution in [0, 0.1) is 0 Å². The van der Waals surface area contributed by atoms with Gasteiger partial charge in [-0.1, -0.05) is 5.16 Å². The summed E-state index contributed by atoms with van der Waals surface area (Å²) in [5.41, 5.74) is 5.47. The third-order valence-corrected chi connectivity index (χ3v) is 1.95. The summed E-state index contributed by atoms with van der Waals surface area (Å²) in [6.07, 6.45) is 1.58. The molecule has 6 nitrogen and oxygen atoms in total. The maximum atomic E-state index is 11.4.